The molecule has 0 bridgehead atoms. The summed E-state index contributed by atoms with van der Waals surface area (Å²) in [5, 5.41) is 4.30. The minimum atomic E-state index is -3.52. The molecule has 1 aliphatic heterocycles. The van der Waals surface area contributed by atoms with Crippen LogP contribution in [0.15, 0.2) is 46.9 Å². The molecule has 2 heterocycles. The van der Waals surface area contributed by atoms with E-state index in [4.69, 9.17) is 32.7 Å². The quantitative estimate of drug-likeness (QED) is 0.200. The van der Waals surface area contributed by atoms with Gasteiger partial charge in [0.25, 0.3) is 0 Å². The Morgan fingerprint density at radius 3 is 2.51 bits per heavy atom. The van der Waals surface area contributed by atoms with Crippen molar-refractivity contribution in [3.8, 4) is 16.2 Å². The van der Waals surface area contributed by atoms with Gasteiger partial charge < -0.3 is 14.8 Å². The molecule has 4 rings (SSSR count). The lowest BCUT2D eigenvalue weighted by Gasteiger charge is -2.32. The molecule has 208 valence electrons. The summed E-state index contributed by atoms with van der Waals surface area (Å²) in [6.07, 6.45) is 1.88. The molecule has 3 aromatic rings. The third-order valence-corrected chi connectivity index (χ3v) is 10.6. The molecule has 1 N–H and O–H groups in total. The highest BCUT2D eigenvalue weighted by atomic mass is 79.9. The predicted octanol–water partition coefficient (Wildman–Crippen LogP) is 6.26. The first-order chi connectivity index (χ1) is 18.6. The van der Waals surface area contributed by atoms with Gasteiger partial charge in [0, 0.05) is 34.9 Å². The van der Waals surface area contributed by atoms with Crippen LogP contribution in [0.5, 0.6) is 5.75 Å². The molecular formula is C26H25BrCl2N2O6S2. The Hall–Kier alpha value is -2.15. The number of hydrogen-bond donors (Lipinski definition) is 1. The molecule has 0 atom stereocenters. The van der Waals surface area contributed by atoms with Gasteiger partial charge in [-0.1, -0.05) is 35.3 Å². The fraction of sp³-hybridized carbons (Fsp3) is 0.308. The lowest BCUT2D eigenvalue weighted by atomic mass is 10.1. The standard InChI is InChI=1S/C26H25BrCl2N2O6S2/c1-36-26(33)25-23(37-10-9-32)22(27)24(38-25)17-3-2-4-21(13-17)30-20-5-7-31(8-6-20)39(34,35)15-16-11-18(28)14-19(29)12-16/h2-4,9,11-14,20,30H,5-8,10,15H2,1H3. The number of sulfonamides is 1. The summed E-state index contributed by atoms with van der Waals surface area (Å²) in [4.78, 5) is 24.1. The van der Waals surface area contributed by atoms with Crippen LogP contribution in [0.4, 0.5) is 5.69 Å². The van der Waals surface area contributed by atoms with Crippen molar-refractivity contribution in [3.63, 3.8) is 0 Å². The predicted molar refractivity (Wildman–Crippen MR) is 158 cm³/mol. The van der Waals surface area contributed by atoms with Crippen LogP contribution in [-0.2, 0) is 25.3 Å². The molecule has 0 saturated carbocycles. The lowest BCUT2D eigenvalue weighted by molar-refractivity contribution is -0.109. The number of rotatable bonds is 10. The molecule has 1 saturated heterocycles. The van der Waals surface area contributed by atoms with Gasteiger partial charge in [-0.15, -0.1) is 11.3 Å². The van der Waals surface area contributed by atoms with E-state index in [9.17, 15) is 18.0 Å². The summed E-state index contributed by atoms with van der Waals surface area (Å²) in [5.74, 6) is -0.446. The topological polar surface area (TPSA) is 102 Å². The molecule has 8 nitrogen and oxygen atoms in total. The van der Waals surface area contributed by atoms with Gasteiger partial charge in [-0.2, -0.15) is 0 Å². The van der Waals surface area contributed by atoms with E-state index in [1.807, 2.05) is 24.3 Å². The number of esters is 1. The largest absolute Gasteiger partial charge is 0.483 e. The molecule has 39 heavy (non-hydrogen) atoms. The lowest BCUT2D eigenvalue weighted by Crippen LogP contribution is -2.42. The number of carbonyl (C=O) groups excluding carboxylic acids is 2. The normalized spacial score (nSPS) is 14.7. The second-order valence-corrected chi connectivity index (χ2v) is 13.5. The summed E-state index contributed by atoms with van der Waals surface area (Å²) >= 11 is 16.8. The van der Waals surface area contributed by atoms with Crippen molar-refractivity contribution in [2.75, 3.05) is 32.1 Å². The average molecular weight is 676 g/mol. The second kappa shape index (κ2) is 13.0. The van der Waals surface area contributed by atoms with E-state index in [2.05, 4.69) is 21.2 Å². The number of piperidine rings is 1. The van der Waals surface area contributed by atoms with Gasteiger partial charge in [-0.3, -0.25) is 4.79 Å². The van der Waals surface area contributed by atoms with Gasteiger partial charge in [0.2, 0.25) is 10.0 Å². The van der Waals surface area contributed by atoms with E-state index in [0.29, 0.717) is 52.3 Å². The smallest absolute Gasteiger partial charge is 0.351 e. The first-order valence-corrected chi connectivity index (χ1v) is 15.9. The fourth-order valence-corrected chi connectivity index (χ4v) is 8.39. The van der Waals surface area contributed by atoms with Gasteiger partial charge in [-0.25, -0.2) is 17.5 Å². The summed E-state index contributed by atoms with van der Waals surface area (Å²) in [7, 11) is -2.23. The summed E-state index contributed by atoms with van der Waals surface area (Å²) in [6.45, 7) is 0.594. The molecule has 0 unspecified atom stereocenters. The third-order valence-electron chi connectivity index (χ3n) is 6.09. The Bertz CT molecular complexity index is 1450. The van der Waals surface area contributed by atoms with Crippen molar-refractivity contribution in [2.45, 2.75) is 24.6 Å². The Morgan fingerprint density at radius 1 is 1.18 bits per heavy atom. The van der Waals surface area contributed by atoms with E-state index in [1.54, 1.807) is 18.2 Å². The van der Waals surface area contributed by atoms with Crippen molar-refractivity contribution in [2.24, 2.45) is 0 Å². The molecule has 0 spiro atoms. The summed E-state index contributed by atoms with van der Waals surface area (Å²) < 4.78 is 38.4. The fourth-order valence-electron chi connectivity index (χ4n) is 4.32. The number of hydrogen-bond acceptors (Lipinski definition) is 8. The first-order valence-electron chi connectivity index (χ1n) is 11.9. The Labute approximate surface area is 249 Å². The van der Waals surface area contributed by atoms with Crippen molar-refractivity contribution in [1.82, 2.24) is 4.31 Å². The zero-order chi connectivity index (χ0) is 28.2. The first kappa shape index (κ1) is 29.8. The van der Waals surface area contributed by atoms with Crippen LogP contribution in [0.3, 0.4) is 0 Å². The molecule has 0 aliphatic carbocycles. The van der Waals surface area contributed by atoms with Crippen LogP contribution in [0.1, 0.15) is 28.1 Å². The molecule has 13 heteroatoms. The van der Waals surface area contributed by atoms with Crippen LogP contribution >= 0.6 is 50.5 Å². The third kappa shape index (κ3) is 7.33. The van der Waals surface area contributed by atoms with Gasteiger partial charge in [0.15, 0.2) is 16.9 Å². The van der Waals surface area contributed by atoms with E-state index in [-0.39, 0.29) is 29.0 Å². The number of halogens is 3. The molecule has 1 aromatic heterocycles. The van der Waals surface area contributed by atoms with E-state index in [1.165, 1.54) is 22.8 Å². The molecule has 1 fully saturated rings. The Balaban J connectivity index is 1.43. The second-order valence-electron chi connectivity index (χ2n) is 8.81. The number of benzene rings is 2. The van der Waals surface area contributed by atoms with Gasteiger partial charge >= 0.3 is 5.97 Å². The van der Waals surface area contributed by atoms with Crippen LogP contribution in [0.2, 0.25) is 10.0 Å². The number of thiophene rings is 1. The maximum absolute atomic E-state index is 13.0. The number of ether oxygens (including phenoxy) is 2. The molecular weight excluding hydrogens is 651 g/mol. The summed E-state index contributed by atoms with van der Waals surface area (Å²) in [5.41, 5.74) is 2.25. The molecule has 0 radical (unpaired) electrons. The SMILES string of the molecule is COC(=O)c1sc(-c2cccc(NC3CCN(S(=O)(=O)Cc4cc(Cl)cc(Cl)c4)CC3)c2)c(Br)c1OCC=O. The van der Waals surface area contributed by atoms with Crippen LogP contribution in [0, 0.1) is 0 Å². The zero-order valence-corrected chi connectivity index (χ0v) is 25.5. The van der Waals surface area contributed by atoms with E-state index >= 15 is 0 Å². The Morgan fingerprint density at radius 2 is 1.87 bits per heavy atom. The van der Waals surface area contributed by atoms with E-state index in [0.717, 1.165) is 16.1 Å². The number of anilines is 1. The minimum absolute atomic E-state index is 0.0798. The Kier molecular flexibility index (Phi) is 9.95. The van der Waals surface area contributed by atoms with Gasteiger partial charge in [0.05, 0.1) is 22.2 Å². The molecule has 0 amide bonds. The molecule has 2 aromatic carbocycles. The average Bonchev–Trinajstić information content (AvgIpc) is 3.22. The van der Waals surface area contributed by atoms with Crippen LogP contribution in [0.25, 0.3) is 10.4 Å². The van der Waals surface area contributed by atoms with Gasteiger partial charge in [-0.05, 0) is 70.2 Å². The van der Waals surface area contributed by atoms with Crippen molar-refractivity contribution >= 4 is 78.4 Å². The van der Waals surface area contributed by atoms with Gasteiger partial charge in [0.1, 0.15) is 6.61 Å². The highest BCUT2D eigenvalue weighted by Crippen LogP contribution is 2.46. The minimum Gasteiger partial charge on any atom is -0.483 e. The van der Waals surface area contributed by atoms with Crippen molar-refractivity contribution in [1.29, 1.82) is 0 Å². The van der Waals surface area contributed by atoms with E-state index < -0.39 is 16.0 Å². The highest BCUT2D eigenvalue weighted by Gasteiger charge is 2.29. The highest BCUT2D eigenvalue weighted by molar-refractivity contribution is 9.10. The van der Waals surface area contributed by atoms with Crippen molar-refractivity contribution < 1.29 is 27.5 Å². The number of carbonyl (C=O) groups is 2. The number of nitrogens with one attached hydrogen (secondary N) is 1. The number of aldehydes is 1. The summed E-state index contributed by atoms with van der Waals surface area (Å²) in [6, 6.07) is 12.6. The maximum atomic E-state index is 13.0. The van der Waals surface area contributed by atoms with Crippen molar-refractivity contribution in [3.05, 3.63) is 67.4 Å². The monoisotopic (exact) mass is 674 g/mol. The van der Waals surface area contributed by atoms with Crippen LogP contribution < -0.4 is 10.1 Å². The zero-order valence-electron chi connectivity index (χ0n) is 20.8. The maximum Gasteiger partial charge on any atom is 0.351 e. The number of methoxy groups -OCH3 is 1. The van der Waals surface area contributed by atoms with Crippen LogP contribution in [-0.4, -0.2) is 57.8 Å². The molecule has 1 aliphatic rings. The number of nitrogens with zero attached hydrogens (tertiary/aromatic N) is 1.